The minimum atomic E-state index is 0.412. The highest BCUT2D eigenvalue weighted by atomic mass is 35.5. The van der Waals surface area contributed by atoms with Crippen LogP contribution >= 0.6 is 57.7 Å². The number of nitrogens with zero attached hydrogens (tertiary/aromatic N) is 1. The van der Waals surface area contributed by atoms with Crippen LogP contribution in [0.25, 0.3) is 10.2 Å². The van der Waals surface area contributed by atoms with Crippen molar-refractivity contribution in [3.63, 3.8) is 0 Å². The van der Waals surface area contributed by atoms with E-state index < -0.39 is 0 Å². The SMILES string of the molecule is Clc1cc(Cl)c(Nc2nc3cccc(Cl)c3s2)cc1Cl. The Morgan fingerprint density at radius 3 is 2.40 bits per heavy atom. The van der Waals surface area contributed by atoms with Gasteiger partial charge in [-0.3, -0.25) is 0 Å². The molecule has 1 aromatic heterocycles. The number of rotatable bonds is 2. The van der Waals surface area contributed by atoms with Gasteiger partial charge in [0.25, 0.3) is 0 Å². The number of benzene rings is 2. The molecule has 20 heavy (non-hydrogen) atoms. The standard InChI is InChI=1S/C13H6Cl4N2S/c14-6-2-1-3-10-12(6)20-13(18-10)19-11-5-8(16)7(15)4-9(11)17/h1-5H,(H,18,19). The van der Waals surface area contributed by atoms with Gasteiger partial charge in [-0.05, 0) is 24.3 Å². The zero-order chi connectivity index (χ0) is 14.3. The topological polar surface area (TPSA) is 24.9 Å². The Bertz CT molecular complexity index is 800. The summed E-state index contributed by atoms with van der Waals surface area (Å²) >= 11 is 25.6. The molecule has 0 saturated carbocycles. The lowest BCUT2D eigenvalue weighted by atomic mass is 10.3. The molecule has 0 unspecified atom stereocenters. The molecule has 0 bridgehead atoms. The predicted octanol–water partition coefficient (Wildman–Crippen LogP) is 6.65. The Balaban J connectivity index is 2.01. The van der Waals surface area contributed by atoms with E-state index >= 15 is 0 Å². The first-order valence-electron chi connectivity index (χ1n) is 5.51. The van der Waals surface area contributed by atoms with Crippen LogP contribution in [0.2, 0.25) is 20.1 Å². The van der Waals surface area contributed by atoms with Crippen LogP contribution in [0, 0.1) is 0 Å². The summed E-state index contributed by atoms with van der Waals surface area (Å²) < 4.78 is 0.924. The molecule has 3 aromatic rings. The minimum Gasteiger partial charge on any atom is -0.330 e. The van der Waals surface area contributed by atoms with E-state index in [0.717, 1.165) is 10.2 Å². The number of aromatic nitrogens is 1. The summed E-state index contributed by atoms with van der Waals surface area (Å²) in [5.74, 6) is 0. The maximum Gasteiger partial charge on any atom is 0.188 e. The van der Waals surface area contributed by atoms with Gasteiger partial charge in [-0.2, -0.15) is 0 Å². The van der Waals surface area contributed by atoms with Crippen LogP contribution in [-0.2, 0) is 0 Å². The molecule has 1 N–H and O–H groups in total. The van der Waals surface area contributed by atoms with Gasteiger partial charge >= 0.3 is 0 Å². The molecule has 0 radical (unpaired) electrons. The first-order chi connectivity index (χ1) is 9.54. The second-order valence-corrected chi connectivity index (χ2v) is 6.61. The normalized spacial score (nSPS) is 11.0. The van der Waals surface area contributed by atoms with E-state index in [1.807, 2.05) is 18.2 Å². The van der Waals surface area contributed by atoms with Crippen molar-refractivity contribution in [3.8, 4) is 0 Å². The fourth-order valence-electron chi connectivity index (χ4n) is 1.70. The van der Waals surface area contributed by atoms with E-state index in [2.05, 4.69) is 10.3 Å². The van der Waals surface area contributed by atoms with Crippen LogP contribution in [0.4, 0.5) is 10.8 Å². The number of anilines is 2. The minimum absolute atomic E-state index is 0.412. The Labute approximate surface area is 139 Å². The molecular formula is C13H6Cl4N2S. The number of thiazole rings is 1. The van der Waals surface area contributed by atoms with Gasteiger partial charge in [0.2, 0.25) is 0 Å². The highest BCUT2D eigenvalue weighted by molar-refractivity contribution is 7.22. The van der Waals surface area contributed by atoms with Gasteiger partial charge < -0.3 is 5.32 Å². The second-order valence-electron chi connectivity index (χ2n) is 3.98. The van der Waals surface area contributed by atoms with Crippen LogP contribution in [0.5, 0.6) is 0 Å². The molecule has 0 saturated heterocycles. The van der Waals surface area contributed by atoms with Crippen LogP contribution in [0.3, 0.4) is 0 Å². The Morgan fingerprint density at radius 2 is 1.65 bits per heavy atom. The molecule has 0 aliphatic heterocycles. The number of halogens is 4. The third-order valence-corrected chi connectivity index (χ3v) is 5.10. The van der Waals surface area contributed by atoms with Crippen molar-refractivity contribution in [3.05, 3.63) is 50.4 Å². The molecule has 0 aliphatic carbocycles. The van der Waals surface area contributed by atoms with Gasteiger partial charge in [0, 0.05) is 0 Å². The zero-order valence-electron chi connectivity index (χ0n) is 9.75. The van der Waals surface area contributed by atoms with Crippen molar-refractivity contribution >= 4 is 78.8 Å². The molecule has 0 aliphatic rings. The third-order valence-electron chi connectivity index (χ3n) is 2.62. The second kappa shape index (κ2) is 5.58. The first kappa shape index (κ1) is 14.2. The Morgan fingerprint density at radius 1 is 0.900 bits per heavy atom. The smallest absolute Gasteiger partial charge is 0.188 e. The molecule has 0 fully saturated rings. The average molecular weight is 364 g/mol. The van der Waals surface area contributed by atoms with Crippen molar-refractivity contribution < 1.29 is 0 Å². The fraction of sp³-hybridized carbons (Fsp3) is 0. The van der Waals surface area contributed by atoms with Crippen LogP contribution in [0.1, 0.15) is 0 Å². The van der Waals surface area contributed by atoms with Gasteiger partial charge in [0.1, 0.15) is 0 Å². The lowest BCUT2D eigenvalue weighted by molar-refractivity contribution is 1.44. The van der Waals surface area contributed by atoms with E-state index in [0.29, 0.717) is 30.9 Å². The molecule has 1 heterocycles. The van der Waals surface area contributed by atoms with Crippen molar-refractivity contribution in [1.82, 2.24) is 4.98 Å². The molecule has 7 heteroatoms. The van der Waals surface area contributed by atoms with Crippen LogP contribution in [-0.4, -0.2) is 4.98 Å². The van der Waals surface area contributed by atoms with Crippen molar-refractivity contribution in [2.24, 2.45) is 0 Å². The summed E-state index contributed by atoms with van der Waals surface area (Å²) in [4.78, 5) is 4.45. The van der Waals surface area contributed by atoms with E-state index in [9.17, 15) is 0 Å². The third kappa shape index (κ3) is 2.69. The van der Waals surface area contributed by atoms with E-state index in [-0.39, 0.29) is 0 Å². The molecule has 3 rings (SSSR count). The molecule has 0 spiro atoms. The molecule has 0 amide bonds. The summed E-state index contributed by atoms with van der Waals surface area (Å²) in [6, 6.07) is 8.85. The van der Waals surface area contributed by atoms with Crippen molar-refractivity contribution in [2.75, 3.05) is 5.32 Å². The number of fused-ring (bicyclic) bond motifs is 1. The number of nitrogens with one attached hydrogen (secondary N) is 1. The number of hydrogen-bond acceptors (Lipinski definition) is 3. The molecule has 102 valence electrons. The van der Waals surface area contributed by atoms with Gasteiger partial charge in [-0.1, -0.05) is 63.8 Å². The van der Waals surface area contributed by atoms with E-state index in [4.69, 9.17) is 46.4 Å². The quantitative estimate of drug-likeness (QED) is 0.515. The van der Waals surface area contributed by atoms with Crippen molar-refractivity contribution in [1.29, 1.82) is 0 Å². The maximum absolute atomic E-state index is 6.13. The first-order valence-corrected chi connectivity index (χ1v) is 7.84. The molecular weight excluding hydrogens is 358 g/mol. The monoisotopic (exact) mass is 362 g/mol. The van der Waals surface area contributed by atoms with Gasteiger partial charge in [0.15, 0.2) is 5.13 Å². The Kier molecular flexibility index (Phi) is 3.98. The number of hydrogen-bond donors (Lipinski definition) is 1. The Hall–Kier alpha value is -0.710. The van der Waals surface area contributed by atoms with Gasteiger partial charge in [-0.25, -0.2) is 4.98 Å². The lowest BCUT2D eigenvalue weighted by Gasteiger charge is -2.06. The summed E-state index contributed by atoms with van der Waals surface area (Å²) in [6.45, 7) is 0. The molecule has 2 nitrogen and oxygen atoms in total. The highest BCUT2D eigenvalue weighted by Crippen LogP contribution is 2.37. The molecule has 2 aromatic carbocycles. The largest absolute Gasteiger partial charge is 0.330 e. The summed E-state index contributed by atoms with van der Waals surface area (Å²) in [5, 5.41) is 5.81. The van der Waals surface area contributed by atoms with Crippen LogP contribution < -0.4 is 5.32 Å². The van der Waals surface area contributed by atoms with Gasteiger partial charge in [0.05, 0.1) is 36.0 Å². The van der Waals surface area contributed by atoms with Crippen molar-refractivity contribution in [2.45, 2.75) is 0 Å². The summed E-state index contributed by atoms with van der Waals surface area (Å²) in [5.41, 5.74) is 1.48. The highest BCUT2D eigenvalue weighted by Gasteiger charge is 2.10. The zero-order valence-corrected chi connectivity index (χ0v) is 13.6. The fourth-order valence-corrected chi connectivity index (χ4v) is 3.46. The summed E-state index contributed by atoms with van der Waals surface area (Å²) in [7, 11) is 0. The predicted molar refractivity (Wildman–Crippen MR) is 89.4 cm³/mol. The van der Waals surface area contributed by atoms with E-state index in [1.165, 1.54) is 11.3 Å². The van der Waals surface area contributed by atoms with Crippen LogP contribution in [0.15, 0.2) is 30.3 Å². The lowest BCUT2D eigenvalue weighted by Crippen LogP contribution is -1.90. The van der Waals surface area contributed by atoms with E-state index in [1.54, 1.807) is 12.1 Å². The van der Waals surface area contributed by atoms with Gasteiger partial charge in [-0.15, -0.1) is 0 Å². The maximum atomic E-state index is 6.13. The average Bonchev–Trinajstić information content (AvgIpc) is 2.80. The molecule has 0 atom stereocenters. The summed E-state index contributed by atoms with van der Waals surface area (Å²) in [6.07, 6.45) is 0.